The highest BCUT2D eigenvalue weighted by atomic mass is 16.4. The molecule has 0 aromatic carbocycles. The molecule has 0 heterocycles. The summed E-state index contributed by atoms with van der Waals surface area (Å²) in [5, 5.41) is 8.38. The molecule has 0 saturated heterocycles. The molecule has 9 heavy (non-hydrogen) atoms. The molecule has 3 heteroatoms. The highest BCUT2D eigenvalue weighted by Gasteiger charge is 2.00. The monoisotopic (exact) mass is 129 g/mol. The van der Waals surface area contributed by atoms with Crippen LogP contribution in [0.4, 0.5) is 0 Å². The molecule has 0 saturated carbocycles. The predicted octanol–water partition coefficient (Wildman–Crippen LogP) is 0.366. The number of aliphatic carboxylic acids is 1. The SMILES string of the molecule is CC/C(=C\CN)C(=O)O. The third kappa shape index (κ3) is 2.87. The van der Waals surface area contributed by atoms with Crippen molar-refractivity contribution in [3.8, 4) is 0 Å². The van der Waals surface area contributed by atoms with Gasteiger partial charge in [0.2, 0.25) is 0 Å². The molecule has 0 rings (SSSR count). The Hall–Kier alpha value is -0.830. The maximum Gasteiger partial charge on any atom is 0.331 e. The van der Waals surface area contributed by atoms with E-state index >= 15 is 0 Å². The van der Waals surface area contributed by atoms with Crippen molar-refractivity contribution in [3.05, 3.63) is 11.6 Å². The molecule has 0 amide bonds. The fraction of sp³-hybridized carbons (Fsp3) is 0.500. The summed E-state index contributed by atoms with van der Waals surface area (Å²) >= 11 is 0. The highest BCUT2D eigenvalue weighted by Crippen LogP contribution is 1.97. The summed E-state index contributed by atoms with van der Waals surface area (Å²) in [5.41, 5.74) is 5.49. The first-order valence-electron chi connectivity index (χ1n) is 2.84. The van der Waals surface area contributed by atoms with Crippen molar-refractivity contribution in [2.24, 2.45) is 5.73 Å². The van der Waals surface area contributed by atoms with Crippen LogP contribution in [0.1, 0.15) is 13.3 Å². The van der Waals surface area contributed by atoms with Crippen molar-refractivity contribution in [2.45, 2.75) is 13.3 Å². The molecule has 0 aromatic rings. The van der Waals surface area contributed by atoms with Crippen molar-refractivity contribution >= 4 is 5.97 Å². The van der Waals surface area contributed by atoms with Crippen LogP contribution in [0, 0.1) is 0 Å². The van der Waals surface area contributed by atoms with Gasteiger partial charge >= 0.3 is 5.97 Å². The number of carboxylic acid groups (broad SMARTS) is 1. The van der Waals surface area contributed by atoms with E-state index in [4.69, 9.17) is 10.8 Å². The smallest absolute Gasteiger partial charge is 0.331 e. The fourth-order valence-electron chi connectivity index (χ4n) is 0.525. The zero-order chi connectivity index (χ0) is 7.28. The molecule has 0 bridgehead atoms. The number of hydrogen-bond acceptors (Lipinski definition) is 2. The van der Waals surface area contributed by atoms with Gasteiger partial charge in [0.15, 0.2) is 0 Å². The van der Waals surface area contributed by atoms with Crippen LogP contribution < -0.4 is 5.73 Å². The van der Waals surface area contributed by atoms with Gasteiger partial charge in [-0.1, -0.05) is 13.0 Å². The first-order valence-corrected chi connectivity index (χ1v) is 2.84. The van der Waals surface area contributed by atoms with Crippen LogP contribution in [0.25, 0.3) is 0 Å². The van der Waals surface area contributed by atoms with Crippen LogP contribution in [-0.4, -0.2) is 17.6 Å². The van der Waals surface area contributed by atoms with Crippen molar-refractivity contribution in [1.82, 2.24) is 0 Å². The van der Waals surface area contributed by atoms with Crippen molar-refractivity contribution in [1.29, 1.82) is 0 Å². The topological polar surface area (TPSA) is 63.3 Å². The van der Waals surface area contributed by atoms with Gasteiger partial charge in [0.1, 0.15) is 0 Å². The Kier molecular flexibility index (Phi) is 3.71. The van der Waals surface area contributed by atoms with Crippen molar-refractivity contribution in [2.75, 3.05) is 6.54 Å². The first kappa shape index (κ1) is 8.17. The molecular formula is C6H11NO2. The lowest BCUT2D eigenvalue weighted by molar-refractivity contribution is -0.132. The van der Waals surface area contributed by atoms with Gasteiger partial charge in [-0.3, -0.25) is 0 Å². The lowest BCUT2D eigenvalue weighted by atomic mass is 10.2. The molecule has 0 radical (unpaired) electrons. The minimum atomic E-state index is -0.872. The fourth-order valence-corrected chi connectivity index (χ4v) is 0.525. The van der Waals surface area contributed by atoms with Gasteiger partial charge in [-0.15, -0.1) is 0 Å². The standard InChI is InChI=1S/C6H11NO2/c1-2-5(3-4-7)6(8)9/h3H,2,4,7H2,1H3,(H,8,9)/b5-3+. The number of rotatable bonds is 3. The maximum atomic E-state index is 10.2. The highest BCUT2D eigenvalue weighted by molar-refractivity contribution is 5.86. The summed E-state index contributed by atoms with van der Waals surface area (Å²) in [6.07, 6.45) is 2.05. The van der Waals surface area contributed by atoms with Crippen LogP contribution >= 0.6 is 0 Å². The van der Waals surface area contributed by atoms with Gasteiger partial charge in [-0.25, -0.2) is 4.79 Å². The molecule has 0 aliphatic rings. The average Bonchev–Trinajstić information content (AvgIpc) is 1.82. The molecule has 0 spiro atoms. The molecule has 0 aliphatic heterocycles. The van der Waals surface area contributed by atoms with E-state index in [0.717, 1.165) is 0 Å². The molecular weight excluding hydrogens is 118 g/mol. The van der Waals surface area contributed by atoms with Gasteiger partial charge in [-0.05, 0) is 6.42 Å². The van der Waals surface area contributed by atoms with E-state index in [1.807, 2.05) is 0 Å². The molecule has 0 aliphatic carbocycles. The number of carboxylic acids is 1. The van der Waals surface area contributed by atoms with E-state index in [0.29, 0.717) is 18.5 Å². The lowest BCUT2D eigenvalue weighted by Gasteiger charge is -1.93. The van der Waals surface area contributed by atoms with Crippen LogP contribution in [0.3, 0.4) is 0 Å². The van der Waals surface area contributed by atoms with E-state index in [-0.39, 0.29) is 0 Å². The van der Waals surface area contributed by atoms with E-state index in [9.17, 15) is 4.79 Å². The molecule has 52 valence electrons. The zero-order valence-corrected chi connectivity index (χ0v) is 5.42. The van der Waals surface area contributed by atoms with Crippen LogP contribution in [-0.2, 0) is 4.79 Å². The molecule has 0 unspecified atom stereocenters. The maximum absolute atomic E-state index is 10.2. The van der Waals surface area contributed by atoms with E-state index < -0.39 is 5.97 Å². The summed E-state index contributed by atoms with van der Waals surface area (Å²) in [7, 11) is 0. The summed E-state index contributed by atoms with van der Waals surface area (Å²) in [6, 6.07) is 0. The van der Waals surface area contributed by atoms with Crippen LogP contribution in [0.2, 0.25) is 0 Å². The van der Waals surface area contributed by atoms with E-state index in [1.165, 1.54) is 6.08 Å². The Balaban J connectivity index is 3.98. The van der Waals surface area contributed by atoms with Crippen molar-refractivity contribution < 1.29 is 9.90 Å². The Morgan fingerprint density at radius 1 is 1.78 bits per heavy atom. The Morgan fingerprint density at radius 3 is 2.44 bits per heavy atom. The third-order valence-electron chi connectivity index (χ3n) is 1.02. The van der Waals surface area contributed by atoms with Gasteiger partial charge < -0.3 is 10.8 Å². The molecule has 3 nitrogen and oxygen atoms in total. The Labute approximate surface area is 54.2 Å². The van der Waals surface area contributed by atoms with E-state index in [2.05, 4.69) is 0 Å². The number of hydrogen-bond donors (Lipinski definition) is 2. The normalized spacial score (nSPS) is 11.6. The van der Waals surface area contributed by atoms with Gasteiger partial charge in [0.05, 0.1) is 0 Å². The van der Waals surface area contributed by atoms with Crippen LogP contribution in [0.5, 0.6) is 0 Å². The average molecular weight is 129 g/mol. The minimum absolute atomic E-state index is 0.301. The molecule has 0 aromatic heterocycles. The Bertz CT molecular complexity index is 129. The van der Waals surface area contributed by atoms with Gasteiger partial charge in [-0.2, -0.15) is 0 Å². The Morgan fingerprint density at radius 2 is 2.33 bits per heavy atom. The minimum Gasteiger partial charge on any atom is -0.478 e. The number of carbonyl (C=O) groups is 1. The molecule has 0 fully saturated rings. The predicted molar refractivity (Wildman–Crippen MR) is 35.1 cm³/mol. The summed E-state index contributed by atoms with van der Waals surface area (Å²) in [6.45, 7) is 2.09. The third-order valence-corrected chi connectivity index (χ3v) is 1.02. The first-order chi connectivity index (χ1) is 4.22. The largest absolute Gasteiger partial charge is 0.478 e. The van der Waals surface area contributed by atoms with Gasteiger partial charge in [0.25, 0.3) is 0 Å². The molecule has 3 N–H and O–H groups in total. The molecule has 0 atom stereocenters. The second-order valence-corrected chi connectivity index (χ2v) is 1.62. The second kappa shape index (κ2) is 4.09. The summed E-state index contributed by atoms with van der Waals surface area (Å²) in [4.78, 5) is 10.2. The van der Waals surface area contributed by atoms with Gasteiger partial charge in [0, 0.05) is 12.1 Å². The van der Waals surface area contributed by atoms with Crippen molar-refractivity contribution in [3.63, 3.8) is 0 Å². The lowest BCUT2D eigenvalue weighted by Crippen LogP contribution is -2.03. The van der Waals surface area contributed by atoms with E-state index in [1.54, 1.807) is 6.92 Å². The zero-order valence-electron chi connectivity index (χ0n) is 5.42. The second-order valence-electron chi connectivity index (χ2n) is 1.62. The quantitative estimate of drug-likeness (QED) is 0.541. The van der Waals surface area contributed by atoms with Crippen LogP contribution in [0.15, 0.2) is 11.6 Å². The number of nitrogens with two attached hydrogens (primary N) is 1. The summed E-state index contributed by atoms with van der Waals surface area (Å²) in [5.74, 6) is -0.872. The summed E-state index contributed by atoms with van der Waals surface area (Å²) < 4.78 is 0.